The van der Waals surface area contributed by atoms with E-state index in [9.17, 15) is 4.79 Å². The van der Waals surface area contributed by atoms with Crippen molar-refractivity contribution in [3.63, 3.8) is 0 Å². The monoisotopic (exact) mass is 316 g/mol. The molecule has 0 spiro atoms. The first-order chi connectivity index (χ1) is 10.5. The molecule has 1 amide bonds. The molecule has 0 unspecified atom stereocenters. The number of nitrogens with zero attached hydrogens (tertiary/aromatic N) is 1. The Morgan fingerprint density at radius 3 is 2.50 bits per heavy atom. The van der Waals surface area contributed by atoms with Crippen LogP contribution >= 0.6 is 11.8 Å². The van der Waals surface area contributed by atoms with E-state index in [1.165, 1.54) is 11.8 Å². The molecule has 0 atom stereocenters. The van der Waals surface area contributed by atoms with Crippen molar-refractivity contribution in [2.75, 3.05) is 12.4 Å². The first-order valence-corrected chi connectivity index (χ1v) is 8.07. The van der Waals surface area contributed by atoms with Crippen molar-refractivity contribution in [3.8, 4) is 5.75 Å². The van der Waals surface area contributed by atoms with Gasteiger partial charge in [0, 0.05) is 11.4 Å². The standard InChI is InChI=1S/C17H20N2O2S/c1-11-12(2)15(16(18)20)17(19-13(11)3)22-10-9-21-14-7-5-4-6-8-14/h4-8H,9-10H2,1-3H3,(H2,18,20). The minimum Gasteiger partial charge on any atom is -0.493 e. The number of rotatable bonds is 6. The van der Waals surface area contributed by atoms with Crippen molar-refractivity contribution in [1.82, 2.24) is 4.98 Å². The first-order valence-electron chi connectivity index (χ1n) is 7.09. The second-order valence-corrected chi connectivity index (χ2v) is 6.09. The molecule has 5 heteroatoms. The molecule has 2 rings (SSSR count). The zero-order valence-electron chi connectivity index (χ0n) is 13.1. The van der Waals surface area contributed by atoms with Gasteiger partial charge in [-0.2, -0.15) is 0 Å². The number of hydrogen-bond acceptors (Lipinski definition) is 4. The smallest absolute Gasteiger partial charge is 0.251 e. The summed E-state index contributed by atoms with van der Waals surface area (Å²) in [4.78, 5) is 16.2. The molecule has 1 heterocycles. The van der Waals surface area contributed by atoms with Gasteiger partial charge in [-0.25, -0.2) is 4.98 Å². The summed E-state index contributed by atoms with van der Waals surface area (Å²) in [5.41, 5.74) is 8.87. The molecule has 22 heavy (non-hydrogen) atoms. The fourth-order valence-electron chi connectivity index (χ4n) is 2.12. The molecule has 0 bridgehead atoms. The zero-order valence-corrected chi connectivity index (χ0v) is 13.9. The van der Waals surface area contributed by atoms with Crippen LogP contribution in [0.25, 0.3) is 0 Å². The predicted octanol–water partition coefficient (Wildman–Crippen LogP) is 3.28. The number of carbonyl (C=O) groups is 1. The summed E-state index contributed by atoms with van der Waals surface area (Å²) in [5, 5.41) is 0.685. The Morgan fingerprint density at radius 2 is 1.86 bits per heavy atom. The van der Waals surface area contributed by atoms with E-state index in [4.69, 9.17) is 10.5 Å². The summed E-state index contributed by atoms with van der Waals surface area (Å²) >= 11 is 1.49. The summed E-state index contributed by atoms with van der Waals surface area (Å²) in [7, 11) is 0. The highest BCUT2D eigenvalue weighted by atomic mass is 32.2. The van der Waals surface area contributed by atoms with Crippen LogP contribution in [0.15, 0.2) is 35.4 Å². The van der Waals surface area contributed by atoms with Crippen molar-refractivity contribution in [1.29, 1.82) is 0 Å². The van der Waals surface area contributed by atoms with Crippen LogP contribution in [0.3, 0.4) is 0 Å². The maximum Gasteiger partial charge on any atom is 0.251 e. The highest BCUT2D eigenvalue weighted by molar-refractivity contribution is 7.99. The van der Waals surface area contributed by atoms with E-state index < -0.39 is 5.91 Å². The Hall–Kier alpha value is -2.01. The van der Waals surface area contributed by atoms with Crippen molar-refractivity contribution in [2.24, 2.45) is 5.73 Å². The number of para-hydroxylation sites is 1. The Bertz CT molecular complexity index is 672. The average Bonchev–Trinajstić information content (AvgIpc) is 2.50. The molecule has 0 saturated heterocycles. The summed E-state index contributed by atoms with van der Waals surface area (Å²) < 4.78 is 5.65. The predicted molar refractivity (Wildman–Crippen MR) is 89.6 cm³/mol. The fourth-order valence-corrected chi connectivity index (χ4v) is 3.08. The van der Waals surface area contributed by atoms with Crippen LogP contribution in [0.1, 0.15) is 27.2 Å². The van der Waals surface area contributed by atoms with Crippen LogP contribution in [-0.4, -0.2) is 23.3 Å². The molecule has 0 saturated carbocycles. The SMILES string of the molecule is Cc1nc(SCCOc2ccccc2)c(C(N)=O)c(C)c1C. The zero-order chi connectivity index (χ0) is 16.1. The van der Waals surface area contributed by atoms with E-state index >= 15 is 0 Å². The number of thioether (sulfide) groups is 1. The van der Waals surface area contributed by atoms with E-state index in [1.807, 2.05) is 51.1 Å². The lowest BCUT2D eigenvalue weighted by Crippen LogP contribution is -2.17. The molecule has 0 aliphatic rings. The number of nitrogens with two attached hydrogens (primary N) is 1. The molecular weight excluding hydrogens is 296 g/mol. The molecule has 0 aliphatic carbocycles. The van der Waals surface area contributed by atoms with Gasteiger partial charge in [0.25, 0.3) is 5.91 Å². The molecule has 2 N–H and O–H groups in total. The van der Waals surface area contributed by atoms with Crippen molar-refractivity contribution in [3.05, 3.63) is 52.7 Å². The normalized spacial score (nSPS) is 10.5. The van der Waals surface area contributed by atoms with Gasteiger partial charge in [0.1, 0.15) is 10.8 Å². The number of aromatic nitrogens is 1. The van der Waals surface area contributed by atoms with E-state index in [-0.39, 0.29) is 0 Å². The summed E-state index contributed by atoms with van der Waals surface area (Å²) in [5.74, 6) is 1.10. The van der Waals surface area contributed by atoms with Crippen LogP contribution in [0.2, 0.25) is 0 Å². The topological polar surface area (TPSA) is 65.2 Å². The summed E-state index contributed by atoms with van der Waals surface area (Å²) in [6.45, 7) is 6.35. The second kappa shape index (κ2) is 7.31. The van der Waals surface area contributed by atoms with Crippen LogP contribution < -0.4 is 10.5 Å². The highest BCUT2D eigenvalue weighted by Crippen LogP contribution is 2.26. The Kier molecular flexibility index (Phi) is 5.44. The Morgan fingerprint density at radius 1 is 1.18 bits per heavy atom. The first kappa shape index (κ1) is 16.4. The number of aryl methyl sites for hydroxylation is 1. The van der Waals surface area contributed by atoms with Gasteiger partial charge in [0.15, 0.2) is 0 Å². The second-order valence-electron chi connectivity index (χ2n) is 5.00. The quantitative estimate of drug-likeness (QED) is 0.656. The molecule has 0 radical (unpaired) electrons. The lowest BCUT2D eigenvalue weighted by molar-refractivity contribution is 0.0996. The number of primary amides is 1. The van der Waals surface area contributed by atoms with Gasteiger partial charge in [-0.3, -0.25) is 4.79 Å². The molecule has 0 fully saturated rings. The van der Waals surface area contributed by atoms with Gasteiger partial charge in [-0.15, -0.1) is 11.8 Å². The van der Waals surface area contributed by atoms with E-state index in [0.717, 1.165) is 22.6 Å². The lowest BCUT2D eigenvalue weighted by Gasteiger charge is -2.13. The summed E-state index contributed by atoms with van der Waals surface area (Å²) in [6, 6.07) is 9.64. The van der Waals surface area contributed by atoms with Crippen LogP contribution in [0, 0.1) is 20.8 Å². The van der Waals surface area contributed by atoms with Gasteiger partial charge in [-0.1, -0.05) is 18.2 Å². The Labute approximate surface area is 135 Å². The molecule has 0 aliphatic heterocycles. The van der Waals surface area contributed by atoms with E-state index in [0.29, 0.717) is 22.9 Å². The van der Waals surface area contributed by atoms with Gasteiger partial charge in [0.05, 0.1) is 12.2 Å². The maximum atomic E-state index is 11.7. The maximum absolute atomic E-state index is 11.7. The molecule has 116 valence electrons. The number of amides is 1. The van der Waals surface area contributed by atoms with Gasteiger partial charge in [-0.05, 0) is 44.0 Å². The van der Waals surface area contributed by atoms with Crippen LogP contribution in [-0.2, 0) is 0 Å². The average molecular weight is 316 g/mol. The van der Waals surface area contributed by atoms with Crippen molar-refractivity contribution in [2.45, 2.75) is 25.8 Å². The number of benzene rings is 1. The third-order valence-electron chi connectivity index (χ3n) is 3.54. The van der Waals surface area contributed by atoms with Gasteiger partial charge < -0.3 is 10.5 Å². The molecular formula is C17H20N2O2S. The largest absolute Gasteiger partial charge is 0.493 e. The minimum atomic E-state index is -0.431. The third kappa shape index (κ3) is 3.80. The lowest BCUT2D eigenvalue weighted by atomic mass is 10.0. The summed E-state index contributed by atoms with van der Waals surface area (Å²) in [6.07, 6.45) is 0. The molecule has 1 aromatic carbocycles. The van der Waals surface area contributed by atoms with Gasteiger partial charge >= 0.3 is 0 Å². The van der Waals surface area contributed by atoms with E-state index in [1.54, 1.807) is 0 Å². The van der Waals surface area contributed by atoms with Crippen molar-refractivity contribution < 1.29 is 9.53 Å². The third-order valence-corrected chi connectivity index (χ3v) is 4.48. The molecule has 1 aromatic heterocycles. The number of ether oxygens (including phenoxy) is 1. The van der Waals surface area contributed by atoms with Crippen LogP contribution in [0.4, 0.5) is 0 Å². The molecule has 2 aromatic rings. The Balaban J connectivity index is 2.05. The fraction of sp³-hybridized carbons (Fsp3) is 0.294. The number of hydrogen-bond donors (Lipinski definition) is 1. The van der Waals surface area contributed by atoms with Gasteiger partial charge in [0.2, 0.25) is 0 Å². The molecule has 4 nitrogen and oxygen atoms in total. The number of carbonyl (C=O) groups excluding carboxylic acids is 1. The van der Waals surface area contributed by atoms with Crippen LogP contribution in [0.5, 0.6) is 5.75 Å². The van der Waals surface area contributed by atoms with Crippen molar-refractivity contribution >= 4 is 17.7 Å². The number of pyridine rings is 1. The minimum absolute atomic E-state index is 0.431. The van der Waals surface area contributed by atoms with E-state index in [2.05, 4.69) is 4.98 Å². The highest BCUT2D eigenvalue weighted by Gasteiger charge is 2.17.